The SMILES string of the molecule is Cc1cc(Nc2ccc(CN(C)C3CCSCC3)c(C=O)n2)c(C2CC2)cc1C. The fourth-order valence-electron chi connectivity index (χ4n) is 4.15. The first-order chi connectivity index (χ1) is 14.0. The van der Waals surface area contributed by atoms with Gasteiger partial charge in [0, 0.05) is 18.3 Å². The maximum absolute atomic E-state index is 11.8. The Bertz CT molecular complexity index is 888. The highest BCUT2D eigenvalue weighted by molar-refractivity contribution is 7.99. The fourth-order valence-corrected chi connectivity index (χ4v) is 5.23. The molecule has 0 amide bonds. The van der Waals surface area contributed by atoms with Gasteiger partial charge in [-0.15, -0.1) is 0 Å². The minimum atomic E-state index is 0.545. The number of hydrogen-bond donors (Lipinski definition) is 1. The molecular formula is C24H31N3OS. The number of carbonyl (C=O) groups excluding carboxylic acids is 1. The molecule has 1 aliphatic carbocycles. The van der Waals surface area contributed by atoms with Crippen molar-refractivity contribution in [1.29, 1.82) is 0 Å². The quantitative estimate of drug-likeness (QED) is 0.615. The molecule has 1 N–H and O–H groups in total. The summed E-state index contributed by atoms with van der Waals surface area (Å²) < 4.78 is 0. The summed E-state index contributed by atoms with van der Waals surface area (Å²) in [5, 5.41) is 3.49. The number of anilines is 2. The van der Waals surface area contributed by atoms with Crippen molar-refractivity contribution in [2.75, 3.05) is 23.9 Å². The summed E-state index contributed by atoms with van der Waals surface area (Å²) in [6, 6.07) is 9.20. The summed E-state index contributed by atoms with van der Waals surface area (Å²) >= 11 is 2.04. The third-order valence-corrected chi connectivity index (χ3v) is 7.35. The van der Waals surface area contributed by atoms with Crippen LogP contribution in [0.1, 0.15) is 64.3 Å². The molecule has 0 atom stereocenters. The van der Waals surface area contributed by atoms with Crippen molar-refractivity contribution in [3.05, 3.63) is 52.2 Å². The van der Waals surface area contributed by atoms with Crippen molar-refractivity contribution >= 4 is 29.6 Å². The largest absolute Gasteiger partial charge is 0.340 e. The Morgan fingerprint density at radius 2 is 1.86 bits per heavy atom. The van der Waals surface area contributed by atoms with Crippen molar-refractivity contribution in [3.8, 4) is 0 Å². The van der Waals surface area contributed by atoms with E-state index in [0.717, 1.165) is 29.9 Å². The lowest BCUT2D eigenvalue weighted by Crippen LogP contribution is -2.34. The van der Waals surface area contributed by atoms with E-state index in [1.54, 1.807) is 0 Å². The van der Waals surface area contributed by atoms with Gasteiger partial charge in [-0.2, -0.15) is 11.8 Å². The van der Waals surface area contributed by atoms with Gasteiger partial charge in [0.05, 0.1) is 0 Å². The minimum Gasteiger partial charge on any atom is -0.340 e. The molecule has 0 spiro atoms. The molecular weight excluding hydrogens is 378 g/mol. The van der Waals surface area contributed by atoms with Crippen LogP contribution >= 0.6 is 11.8 Å². The van der Waals surface area contributed by atoms with Gasteiger partial charge in [0.2, 0.25) is 0 Å². The van der Waals surface area contributed by atoms with E-state index in [9.17, 15) is 4.79 Å². The number of aldehydes is 1. The molecule has 2 aliphatic rings. The van der Waals surface area contributed by atoms with E-state index in [1.165, 1.54) is 53.9 Å². The predicted molar refractivity (Wildman–Crippen MR) is 123 cm³/mol. The van der Waals surface area contributed by atoms with Gasteiger partial charge in [0.15, 0.2) is 6.29 Å². The Morgan fingerprint density at radius 3 is 2.55 bits per heavy atom. The maximum Gasteiger partial charge on any atom is 0.168 e. The molecule has 2 aromatic rings. The van der Waals surface area contributed by atoms with Crippen molar-refractivity contribution in [3.63, 3.8) is 0 Å². The fraction of sp³-hybridized carbons (Fsp3) is 0.500. The Kier molecular flexibility index (Phi) is 6.26. The lowest BCUT2D eigenvalue weighted by molar-refractivity contribution is 0.111. The van der Waals surface area contributed by atoms with Crippen LogP contribution in [-0.2, 0) is 6.54 Å². The molecule has 0 radical (unpaired) electrons. The Morgan fingerprint density at radius 1 is 1.14 bits per heavy atom. The molecule has 0 bridgehead atoms. The Labute approximate surface area is 178 Å². The molecule has 2 heterocycles. The number of aryl methyl sites for hydroxylation is 2. The highest BCUT2D eigenvalue weighted by Gasteiger charge is 2.27. The van der Waals surface area contributed by atoms with E-state index in [-0.39, 0.29) is 0 Å². The standard InChI is InChI=1S/C24H31N3OS/c1-16-12-21(18-4-5-18)22(13-17(16)2)25-24-7-6-19(23(15-28)26-24)14-27(3)20-8-10-29-11-9-20/h6-7,12-13,15,18,20H,4-5,8-11,14H2,1-3H3,(H,25,26). The summed E-state index contributed by atoms with van der Waals surface area (Å²) in [6.07, 6.45) is 5.86. The number of rotatable bonds is 7. The van der Waals surface area contributed by atoms with Gasteiger partial charge in [-0.25, -0.2) is 4.98 Å². The van der Waals surface area contributed by atoms with Crippen molar-refractivity contribution in [1.82, 2.24) is 9.88 Å². The number of nitrogens with zero attached hydrogens (tertiary/aromatic N) is 2. The molecule has 1 saturated heterocycles. The Hall–Kier alpha value is -1.85. The van der Waals surface area contributed by atoms with Crippen LogP contribution in [-0.4, -0.2) is 40.8 Å². The Balaban J connectivity index is 1.53. The summed E-state index contributed by atoms with van der Waals surface area (Å²) in [4.78, 5) is 18.8. The second-order valence-corrected chi connectivity index (χ2v) is 9.77. The molecule has 154 valence electrons. The van der Waals surface area contributed by atoms with Gasteiger partial charge in [0.25, 0.3) is 0 Å². The van der Waals surface area contributed by atoms with Crippen molar-refractivity contribution in [2.45, 2.75) is 58.0 Å². The van der Waals surface area contributed by atoms with Crippen LogP contribution in [0.5, 0.6) is 0 Å². The van der Waals surface area contributed by atoms with Crippen LogP contribution in [0.15, 0.2) is 24.3 Å². The lowest BCUT2D eigenvalue weighted by Gasteiger charge is -2.31. The number of pyridine rings is 1. The average molecular weight is 410 g/mol. The van der Waals surface area contributed by atoms with E-state index < -0.39 is 0 Å². The van der Waals surface area contributed by atoms with Crippen LogP contribution in [0.25, 0.3) is 0 Å². The summed E-state index contributed by atoms with van der Waals surface area (Å²) in [7, 11) is 2.17. The summed E-state index contributed by atoms with van der Waals surface area (Å²) in [5.74, 6) is 3.87. The van der Waals surface area contributed by atoms with Crippen LogP contribution in [0, 0.1) is 13.8 Å². The summed E-state index contributed by atoms with van der Waals surface area (Å²) in [5.41, 5.74) is 6.67. The topological polar surface area (TPSA) is 45.2 Å². The smallest absolute Gasteiger partial charge is 0.168 e. The zero-order valence-electron chi connectivity index (χ0n) is 17.7. The average Bonchev–Trinajstić information content (AvgIpc) is 3.57. The first-order valence-electron chi connectivity index (χ1n) is 10.7. The van der Waals surface area contributed by atoms with Crippen molar-refractivity contribution in [2.24, 2.45) is 0 Å². The lowest BCUT2D eigenvalue weighted by atomic mass is 10.0. The first kappa shape index (κ1) is 20.4. The molecule has 1 saturated carbocycles. The molecule has 4 rings (SSSR count). The molecule has 1 aliphatic heterocycles. The predicted octanol–water partition coefficient (Wildman–Crippen LogP) is 5.46. The third-order valence-electron chi connectivity index (χ3n) is 6.30. The number of benzene rings is 1. The number of aromatic nitrogens is 1. The van der Waals surface area contributed by atoms with E-state index in [1.807, 2.05) is 17.8 Å². The van der Waals surface area contributed by atoms with E-state index >= 15 is 0 Å². The number of carbonyl (C=O) groups is 1. The second kappa shape index (κ2) is 8.88. The van der Waals surface area contributed by atoms with Crippen LogP contribution in [0.2, 0.25) is 0 Å². The molecule has 1 aromatic heterocycles. The molecule has 4 nitrogen and oxygen atoms in total. The van der Waals surface area contributed by atoms with Crippen LogP contribution in [0.4, 0.5) is 11.5 Å². The first-order valence-corrected chi connectivity index (χ1v) is 11.8. The van der Waals surface area contributed by atoms with Gasteiger partial charge >= 0.3 is 0 Å². The van der Waals surface area contributed by atoms with Crippen LogP contribution in [0.3, 0.4) is 0 Å². The van der Waals surface area contributed by atoms with Crippen LogP contribution < -0.4 is 5.32 Å². The van der Waals surface area contributed by atoms with E-state index in [4.69, 9.17) is 0 Å². The highest BCUT2D eigenvalue weighted by atomic mass is 32.2. The molecule has 0 unspecified atom stereocenters. The third kappa shape index (κ3) is 4.84. The number of thioether (sulfide) groups is 1. The molecule has 2 fully saturated rings. The zero-order valence-corrected chi connectivity index (χ0v) is 18.5. The van der Waals surface area contributed by atoms with Gasteiger partial charge in [-0.3, -0.25) is 9.69 Å². The van der Waals surface area contributed by atoms with Crippen molar-refractivity contribution < 1.29 is 4.79 Å². The normalized spacial score (nSPS) is 17.5. The maximum atomic E-state index is 11.8. The molecule has 29 heavy (non-hydrogen) atoms. The van der Waals surface area contributed by atoms with Gasteiger partial charge < -0.3 is 5.32 Å². The highest BCUT2D eigenvalue weighted by Crippen LogP contribution is 2.44. The molecule has 5 heteroatoms. The second-order valence-electron chi connectivity index (χ2n) is 8.54. The monoisotopic (exact) mass is 409 g/mol. The van der Waals surface area contributed by atoms with E-state index in [2.05, 4.69) is 54.3 Å². The minimum absolute atomic E-state index is 0.545. The molecule has 1 aromatic carbocycles. The number of hydrogen-bond acceptors (Lipinski definition) is 5. The van der Waals surface area contributed by atoms with Gasteiger partial charge in [-0.05, 0) is 98.4 Å². The van der Waals surface area contributed by atoms with Gasteiger partial charge in [0.1, 0.15) is 11.5 Å². The number of nitrogens with one attached hydrogen (secondary N) is 1. The summed E-state index contributed by atoms with van der Waals surface area (Å²) in [6.45, 7) is 5.09. The van der Waals surface area contributed by atoms with Gasteiger partial charge in [-0.1, -0.05) is 12.1 Å². The van der Waals surface area contributed by atoms with E-state index in [0.29, 0.717) is 17.7 Å². The zero-order chi connectivity index (χ0) is 20.4.